The highest BCUT2D eigenvalue weighted by Gasteiger charge is 2.14. The van der Waals surface area contributed by atoms with Crippen molar-refractivity contribution in [3.8, 4) is 0 Å². The zero-order valence-electron chi connectivity index (χ0n) is 13.0. The normalized spacial score (nSPS) is 15.2. The molecule has 3 atom stereocenters. The van der Waals surface area contributed by atoms with E-state index < -0.39 is 0 Å². The molecule has 0 aliphatic rings. The number of hydrogen-bond acceptors (Lipinski definition) is 6. The average molecular weight is 290 g/mol. The van der Waals surface area contributed by atoms with Gasteiger partial charge in [-0.2, -0.15) is 0 Å². The lowest BCUT2D eigenvalue weighted by molar-refractivity contribution is -0.152. The van der Waals surface area contributed by atoms with Crippen LogP contribution < -0.4 is 0 Å². The molecule has 20 heavy (non-hydrogen) atoms. The van der Waals surface area contributed by atoms with Crippen LogP contribution in [0.5, 0.6) is 0 Å². The van der Waals surface area contributed by atoms with E-state index in [-0.39, 0.29) is 49.7 Å². The molecule has 6 nitrogen and oxygen atoms in total. The molecule has 0 aliphatic heterocycles. The molecule has 0 radical (unpaired) electrons. The average Bonchev–Trinajstić information content (AvgIpc) is 2.37. The predicted octanol–water partition coefficient (Wildman–Crippen LogP) is 1.70. The number of carbonyl (C=O) groups excluding carboxylic acids is 2. The van der Waals surface area contributed by atoms with Crippen LogP contribution in [0.25, 0.3) is 0 Å². The molecule has 0 amide bonds. The van der Waals surface area contributed by atoms with E-state index in [4.69, 9.17) is 18.9 Å². The highest BCUT2D eigenvalue weighted by atomic mass is 16.6. The Labute approximate surface area is 120 Å². The lowest BCUT2D eigenvalue weighted by Gasteiger charge is -2.15. The third-order valence-electron chi connectivity index (χ3n) is 2.83. The van der Waals surface area contributed by atoms with Gasteiger partial charge in [-0.25, -0.2) is 0 Å². The zero-order valence-corrected chi connectivity index (χ0v) is 13.0. The van der Waals surface area contributed by atoms with Crippen molar-refractivity contribution in [2.75, 3.05) is 20.8 Å². The van der Waals surface area contributed by atoms with E-state index in [0.717, 1.165) is 0 Å². The standard InChI is InChI=1S/C14H26O6/c1-10(20-14(16)9-12(3)18-5)6-7-19-13(15)8-11(2)17-4/h10-12H,6-9H2,1-5H3/t10-,11-,12-/m1/s1. The molecule has 0 saturated carbocycles. The summed E-state index contributed by atoms with van der Waals surface area (Å²) in [4.78, 5) is 22.9. The highest BCUT2D eigenvalue weighted by Crippen LogP contribution is 2.05. The number of esters is 2. The van der Waals surface area contributed by atoms with Gasteiger partial charge in [0, 0.05) is 20.6 Å². The molecule has 0 bridgehead atoms. The van der Waals surface area contributed by atoms with Gasteiger partial charge >= 0.3 is 11.9 Å². The van der Waals surface area contributed by atoms with Gasteiger partial charge in [0.25, 0.3) is 0 Å². The second-order valence-electron chi connectivity index (χ2n) is 4.81. The summed E-state index contributed by atoms with van der Waals surface area (Å²) in [5.41, 5.74) is 0. The van der Waals surface area contributed by atoms with E-state index in [0.29, 0.717) is 6.42 Å². The number of hydrogen-bond donors (Lipinski definition) is 0. The second kappa shape index (κ2) is 10.6. The molecule has 0 aromatic heterocycles. The Hall–Kier alpha value is -1.14. The summed E-state index contributed by atoms with van der Waals surface area (Å²) in [6.07, 6.45) is 0.290. The summed E-state index contributed by atoms with van der Waals surface area (Å²) in [5, 5.41) is 0. The minimum atomic E-state index is -0.314. The first-order valence-electron chi connectivity index (χ1n) is 6.79. The van der Waals surface area contributed by atoms with E-state index in [9.17, 15) is 9.59 Å². The fourth-order valence-electron chi connectivity index (χ4n) is 1.37. The molecule has 0 aromatic rings. The quantitative estimate of drug-likeness (QED) is 0.570. The van der Waals surface area contributed by atoms with Crippen LogP contribution >= 0.6 is 0 Å². The molecule has 0 spiro atoms. The number of rotatable bonds is 10. The van der Waals surface area contributed by atoms with Gasteiger partial charge in [0.15, 0.2) is 0 Å². The largest absolute Gasteiger partial charge is 0.465 e. The maximum atomic E-state index is 11.5. The summed E-state index contributed by atoms with van der Waals surface area (Å²) in [6.45, 7) is 5.58. The third kappa shape index (κ3) is 9.75. The SMILES string of the molecule is CO[C@H](C)CC(=O)OCC[C@@H](C)OC(=O)C[C@@H](C)OC. The first-order valence-corrected chi connectivity index (χ1v) is 6.79. The summed E-state index contributed by atoms with van der Waals surface area (Å²) < 4.78 is 20.2. The molecule has 0 unspecified atom stereocenters. The molecule has 0 heterocycles. The predicted molar refractivity (Wildman–Crippen MR) is 73.3 cm³/mol. The maximum absolute atomic E-state index is 11.5. The first-order chi connectivity index (χ1) is 9.38. The Morgan fingerprint density at radius 2 is 1.35 bits per heavy atom. The Kier molecular flexibility index (Phi) is 10.0. The molecular formula is C14H26O6. The zero-order chi connectivity index (χ0) is 15.5. The van der Waals surface area contributed by atoms with Crippen LogP contribution in [-0.2, 0) is 28.5 Å². The smallest absolute Gasteiger partial charge is 0.308 e. The van der Waals surface area contributed by atoms with Crippen LogP contribution in [0.15, 0.2) is 0 Å². The Morgan fingerprint density at radius 3 is 1.85 bits per heavy atom. The monoisotopic (exact) mass is 290 g/mol. The topological polar surface area (TPSA) is 71.1 Å². The fraction of sp³-hybridized carbons (Fsp3) is 0.857. The van der Waals surface area contributed by atoms with Crippen molar-refractivity contribution in [3.63, 3.8) is 0 Å². The van der Waals surface area contributed by atoms with Gasteiger partial charge in [0.2, 0.25) is 0 Å². The van der Waals surface area contributed by atoms with Crippen LogP contribution in [-0.4, -0.2) is 51.1 Å². The van der Waals surface area contributed by atoms with Crippen molar-refractivity contribution >= 4 is 11.9 Å². The summed E-state index contributed by atoms with van der Waals surface area (Å²) in [7, 11) is 3.09. The molecule has 0 fully saturated rings. The van der Waals surface area contributed by atoms with E-state index in [1.54, 1.807) is 35.0 Å². The summed E-state index contributed by atoms with van der Waals surface area (Å²) in [5.74, 6) is -0.628. The highest BCUT2D eigenvalue weighted by molar-refractivity contribution is 5.70. The van der Waals surface area contributed by atoms with Crippen LogP contribution in [0.3, 0.4) is 0 Å². The van der Waals surface area contributed by atoms with Gasteiger partial charge in [-0.15, -0.1) is 0 Å². The van der Waals surface area contributed by atoms with E-state index in [1.807, 2.05) is 0 Å². The van der Waals surface area contributed by atoms with Crippen molar-refractivity contribution in [2.45, 2.75) is 58.3 Å². The van der Waals surface area contributed by atoms with Gasteiger partial charge in [-0.3, -0.25) is 9.59 Å². The Morgan fingerprint density at radius 1 is 0.850 bits per heavy atom. The van der Waals surface area contributed by atoms with E-state index in [2.05, 4.69) is 0 Å². The maximum Gasteiger partial charge on any atom is 0.308 e. The van der Waals surface area contributed by atoms with Gasteiger partial charge in [-0.1, -0.05) is 0 Å². The first kappa shape index (κ1) is 18.9. The second-order valence-corrected chi connectivity index (χ2v) is 4.81. The van der Waals surface area contributed by atoms with Gasteiger partial charge in [-0.05, 0) is 20.8 Å². The number of methoxy groups -OCH3 is 2. The molecule has 0 rings (SSSR count). The van der Waals surface area contributed by atoms with Gasteiger partial charge in [0.1, 0.15) is 6.10 Å². The lowest BCUT2D eigenvalue weighted by Crippen LogP contribution is -2.22. The molecule has 118 valence electrons. The van der Waals surface area contributed by atoms with Gasteiger partial charge < -0.3 is 18.9 Å². The van der Waals surface area contributed by atoms with Crippen LogP contribution in [0, 0.1) is 0 Å². The van der Waals surface area contributed by atoms with Crippen molar-refractivity contribution in [1.82, 2.24) is 0 Å². The summed E-state index contributed by atoms with van der Waals surface area (Å²) >= 11 is 0. The van der Waals surface area contributed by atoms with Crippen molar-refractivity contribution in [1.29, 1.82) is 0 Å². The molecule has 0 saturated heterocycles. The Bertz CT molecular complexity index is 291. The molecule has 0 N–H and O–H groups in total. The lowest BCUT2D eigenvalue weighted by atomic mass is 10.2. The van der Waals surface area contributed by atoms with Crippen LogP contribution in [0.1, 0.15) is 40.0 Å². The van der Waals surface area contributed by atoms with Crippen molar-refractivity contribution in [2.24, 2.45) is 0 Å². The fourth-order valence-corrected chi connectivity index (χ4v) is 1.37. The molecule has 6 heteroatoms. The number of ether oxygens (including phenoxy) is 4. The van der Waals surface area contributed by atoms with Crippen LogP contribution in [0.4, 0.5) is 0 Å². The van der Waals surface area contributed by atoms with Crippen molar-refractivity contribution in [3.05, 3.63) is 0 Å². The minimum Gasteiger partial charge on any atom is -0.465 e. The Balaban J connectivity index is 3.75. The molecular weight excluding hydrogens is 264 g/mol. The van der Waals surface area contributed by atoms with E-state index in [1.165, 1.54) is 0 Å². The third-order valence-corrected chi connectivity index (χ3v) is 2.83. The minimum absolute atomic E-state index is 0.159. The van der Waals surface area contributed by atoms with E-state index >= 15 is 0 Å². The van der Waals surface area contributed by atoms with Crippen LogP contribution in [0.2, 0.25) is 0 Å². The molecule has 0 aliphatic carbocycles. The van der Waals surface area contributed by atoms with Gasteiger partial charge in [0.05, 0.1) is 31.7 Å². The van der Waals surface area contributed by atoms with Crippen molar-refractivity contribution < 1.29 is 28.5 Å². The molecule has 0 aromatic carbocycles. The summed E-state index contributed by atoms with van der Waals surface area (Å²) in [6, 6.07) is 0. The number of carbonyl (C=O) groups is 2.